The molecule has 1 aromatic carbocycles. The van der Waals surface area contributed by atoms with Gasteiger partial charge in [0.05, 0.1) is 18.9 Å². The second-order valence-electron chi connectivity index (χ2n) is 3.97. The van der Waals surface area contributed by atoms with Gasteiger partial charge < -0.3 is 13.9 Å². The molecular formula is C14H10BrFO5. The molecule has 0 aliphatic rings. The molecule has 2 aromatic rings. The molecule has 0 radical (unpaired) electrons. The van der Waals surface area contributed by atoms with E-state index in [2.05, 4.69) is 20.7 Å². The number of hydrogen-bond donors (Lipinski definition) is 0. The van der Waals surface area contributed by atoms with E-state index in [1.807, 2.05) is 0 Å². The van der Waals surface area contributed by atoms with Crippen LogP contribution < -0.4 is 0 Å². The Morgan fingerprint density at radius 2 is 2.05 bits per heavy atom. The van der Waals surface area contributed by atoms with Crippen LogP contribution in [0.3, 0.4) is 0 Å². The van der Waals surface area contributed by atoms with Crippen LogP contribution in [0.25, 0.3) is 0 Å². The molecular weight excluding hydrogens is 347 g/mol. The van der Waals surface area contributed by atoms with Crippen molar-refractivity contribution in [2.24, 2.45) is 0 Å². The predicted octanol–water partition coefficient (Wildman–Crippen LogP) is 3.32. The first kappa shape index (κ1) is 15.2. The molecule has 0 N–H and O–H groups in total. The normalized spacial score (nSPS) is 10.2. The lowest BCUT2D eigenvalue weighted by atomic mass is 10.2. The topological polar surface area (TPSA) is 65.7 Å². The number of carbonyl (C=O) groups is 2. The summed E-state index contributed by atoms with van der Waals surface area (Å²) in [5, 5.41) is 0. The van der Waals surface area contributed by atoms with Gasteiger partial charge in [-0.25, -0.2) is 14.0 Å². The molecule has 1 heterocycles. The Morgan fingerprint density at radius 1 is 1.29 bits per heavy atom. The third-order valence-electron chi connectivity index (χ3n) is 2.63. The molecule has 7 heteroatoms. The van der Waals surface area contributed by atoms with Crippen LogP contribution >= 0.6 is 15.9 Å². The maximum Gasteiger partial charge on any atom is 0.374 e. The van der Waals surface area contributed by atoms with E-state index in [1.54, 1.807) is 0 Å². The van der Waals surface area contributed by atoms with E-state index in [4.69, 9.17) is 9.15 Å². The van der Waals surface area contributed by atoms with Gasteiger partial charge in [0.1, 0.15) is 12.4 Å². The highest BCUT2D eigenvalue weighted by atomic mass is 79.9. The van der Waals surface area contributed by atoms with E-state index in [-0.39, 0.29) is 17.9 Å². The Labute approximate surface area is 127 Å². The molecule has 0 saturated heterocycles. The van der Waals surface area contributed by atoms with Crippen molar-refractivity contribution in [3.63, 3.8) is 0 Å². The van der Waals surface area contributed by atoms with Gasteiger partial charge in [-0.05, 0) is 24.3 Å². The van der Waals surface area contributed by atoms with Crippen LogP contribution in [0.1, 0.15) is 26.5 Å². The van der Waals surface area contributed by atoms with Crippen molar-refractivity contribution in [2.75, 3.05) is 7.11 Å². The first-order valence-corrected chi connectivity index (χ1v) is 6.59. The maximum absolute atomic E-state index is 13.6. The molecule has 5 nitrogen and oxygen atoms in total. The fraction of sp³-hybridized carbons (Fsp3) is 0.143. The second-order valence-corrected chi connectivity index (χ2v) is 4.88. The third-order valence-corrected chi connectivity index (χ3v) is 3.12. The number of benzene rings is 1. The SMILES string of the molecule is COC(=O)c1occc1COC(=O)c1ccc(Br)cc1F. The number of rotatable bonds is 4. The number of furan rings is 1. The van der Waals surface area contributed by atoms with Crippen molar-refractivity contribution in [2.45, 2.75) is 6.61 Å². The Hall–Kier alpha value is -2.15. The molecule has 1 aromatic heterocycles. The highest BCUT2D eigenvalue weighted by Crippen LogP contribution is 2.18. The van der Waals surface area contributed by atoms with Crippen LogP contribution in [-0.2, 0) is 16.1 Å². The third kappa shape index (κ3) is 3.49. The van der Waals surface area contributed by atoms with Gasteiger partial charge in [-0.1, -0.05) is 15.9 Å². The number of halogens is 2. The molecule has 0 bridgehead atoms. The number of carbonyl (C=O) groups excluding carboxylic acids is 2. The van der Waals surface area contributed by atoms with Gasteiger partial charge in [0.25, 0.3) is 0 Å². The summed E-state index contributed by atoms with van der Waals surface area (Å²) in [5.41, 5.74) is 0.147. The van der Waals surface area contributed by atoms with Gasteiger partial charge >= 0.3 is 11.9 Å². The minimum Gasteiger partial charge on any atom is -0.463 e. The van der Waals surface area contributed by atoms with Crippen LogP contribution in [0, 0.1) is 5.82 Å². The van der Waals surface area contributed by atoms with E-state index >= 15 is 0 Å². The lowest BCUT2D eigenvalue weighted by Crippen LogP contribution is -2.09. The van der Waals surface area contributed by atoms with Gasteiger partial charge in [0.2, 0.25) is 5.76 Å². The summed E-state index contributed by atoms with van der Waals surface area (Å²) in [6.45, 7) is -0.227. The lowest BCUT2D eigenvalue weighted by Gasteiger charge is -2.06. The van der Waals surface area contributed by atoms with E-state index in [1.165, 1.54) is 31.6 Å². The summed E-state index contributed by atoms with van der Waals surface area (Å²) < 4.78 is 28.6. The zero-order valence-corrected chi connectivity index (χ0v) is 12.5. The van der Waals surface area contributed by atoms with Crippen molar-refractivity contribution in [3.8, 4) is 0 Å². The number of esters is 2. The Bertz CT molecular complexity index is 680. The predicted molar refractivity (Wildman–Crippen MR) is 73.3 cm³/mol. The van der Waals surface area contributed by atoms with E-state index in [9.17, 15) is 14.0 Å². The van der Waals surface area contributed by atoms with Crippen molar-refractivity contribution >= 4 is 27.9 Å². The summed E-state index contributed by atoms with van der Waals surface area (Å²) in [5.74, 6) is -2.27. The zero-order chi connectivity index (χ0) is 15.4. The van der Waals surface area contributed by atoms with Gasteiger partial charge in [0.15, 0.2) is 0 Å². The van der Waals surface area contributed by atoms with Gasteiger partial charge in [0, 0.05) is 10.0 Å². The lowest BCUT2D eigenvalue weighted by molar-refractivity contribution is 0.0449. The standard InChI is InChI=1S/C14H10BrFO5/c1-19-14(18)12-8(4-5-20-12)7-21-13(17)10-3-2-9(15)6-11(10)16/h2-6H,7H2,1H3. The average Bonchev–Trinajstić information content (AvgIpc) is 2.92. The average molecular weight is 357 g/mol. The molecule has 0 aliphatic heterocycles. The van der Waals surface area contributed by atoms with Crippen LogP contribution in [0.15, 0.2) is 39.4 Å². The number of hydrogen-bond acceptors (Lipinski definition) is 5. The maximum atomic E-state index is 13.6. The summed E-state index contributed by atoms with van der Waals surface area (Å²) >= 11 is 3.09. The molecule has 0 fully saturated rings. The van der Waals surface area contributed by atoms with Crippen molar-refractivity contribution in [3.05, 3.63) is 57.7 Å². The molecule has 0 saturated carbocycles. The fourth-order valence-electron chi connectivity index (χ4n) is 1.60. The molecule has 0 atom stereocenters. The largest absolute Gasteiger partial charge is 0.463 e. The molecule has 0 aliphatic carbocycles. The summed E-state index contributed by atoms with van der Waals surface area (Å²) in [4.78, 5) is 23.2. The van der Waals surface area contributed by atoms with E-state index < -0.39 is 17.8 Å². The molecule has 0 spiro atoms. The molecule has 0 amide bonds. The quantitative estimate of drug-likeness (QED) is 0.786. The van der Waals surface area contributed by atoms with Crippen LogP contribution in [0.4, 0.5) is 4.39 Å². The van der Waals surface area contributed by atoms with Crippen molar-refractivity contribution in [1.29, 1.82) is 0 Å². The highest BCUT2D eigenvalue weighted by molar-refractivity contribution is 9.10. The molecule has 21 heavy (non-hydrogen) atoms. The summed E-state index contributed by atoms with van der Waals surface area (Å²) in [6.07, 6.45) is 1.27. The van der Waals surface area contributed by atoms with Crippen molar-refractivity contribution in [1.82, 2.24) is 0 Å². The second kappa shape index (κ2) is 6.53. The highest BCUT2D eigenvalue weighted by Gasteiger charge is 2.19. The van der Waals surface area contributed by atoms with Gasteiger partial charge in [-0.15, -0.1) is 0 Å². The first-order chi connectivity index (χ1) is 10.0. The van der Waals surface area contributed by atoms with E-state index in [0.717, 1.165) is 6.07 Å². The van der Waals surface area contributed by atoms with Crippen LogP contribution in [-0.4, -0.2) is 19.0 Å². The first-order valence-electron chi connectivity index (χ1n) is 5.79. The number of ether oxygens (including phenoxy) is 2. The zero-order valence-electron chi connectivity index (χ0n) is 10.9. The van der Waals surface area contributed by atoms with Gasteiger partial charge in [-0.3, -0.25) is 0 Å². The minimum atomic E-state index is -0.836. The van der Waals surface area contributed by atoms with Crippen LogP contribution in [0.5, 0.6) is 0 Å². The molecule has 110 valence electrons. The van der Waals surface area contributed by atoms with E-state index in [0.29, 0.717) is 10.0 Å². The molecule has 2 rings (SSSR count). The van der Waals surface area contributed by atoms with Crippen molar-refractivity contribution < 1.29 is 27.9 Å². The molecule has 0 unspecified atom stereocenters. The Kier molecular flexibility index (Phi) is 4.74. The summed E-state index contributed by atoms with van der Waals surface area (Å²) in [7, 11) is 1.21. The minimum absolute atomic E-state index is 0.0541. The van der Waals surface area contributed by atoms with Gasteiger partial charge in [-0.2, -0.15) is 0 Å². The Balaban J connectivity index is 2.08. The van der Waals surface area contributed by atoms with Crippen LogP contribution in [0.2, 0.25) is 0 Å². The monoisotopic (exact) mass is 356 g/mol. The summed E-state index contributed by atoms with van der Waals surface area (Å²) in [6, 6.07) is 5.46. The fourth-order valence-corrected chi connectivity index (χ4v) is 1.93. The Morgan fingerprint density at radius 3 is 2.71 bits per heavy atom. The smallest absolute Gasteiger partial charge is 0.374 e. The number of methoxy groups -OCH3 is 1.